The molecule has 0 aliphatic heterocycles. The first-order valence-electron chi connectivity index (χ1n) is 7.88. The van der Waals surface area contributed by atoms with E-state index in [4.69, 9.17) is 4.42 Å². The van der Waals surface area contributed by atoms with Crippen LogP contribution in [0.3, 0.4) is 0 Å². The fourth-order valence-electron chi connectivity index (χ4n) is 2.21. The Balaban J connectivity index is 1.64. The average molecular weight is 335 g/mol. The van der Waals surface area contributed by atoms with Crippen molar-refractivity contribution in [2.75, 3.05) is 10.6 Å². The van der Waals surface area contributed by atoms with E-state index in [9.17, 15) is 9.59 Å². The molecule has 2 amide bonds. The van der Waals surface area contributed by atoms with Crippen molar-refractivity contribution in [1.82, 2.24) is 4.98 Å². The van der Waals surface area contributed by atoms with Gasteiger partial charge in [0.1, 0.15) is 6.26 Å². The summed E-state index contributed by atoms with van der Waals surface area (Å²) in [6.45, 7) is 2.06. The summed E-state index contributed by atoms with van der Waals surface area (Å²) < 4.78 is 5.15. The highest BCUT2D eigenvalue weighted by atomic mass is 16.4. The summed E-state index contributed by atoms with van der Waals surface area (Å²) in [6, 6.07) is 16.2. The molecule has 0 aliphatic rings. The van der Waals surface area contributed by atoms with E-state index in [0.29, 0.717) is 11.3 Å². The molecule has 6 nitrogen and oxygen atoms in total. The summed E-state index contributed by atoms with van der Waals surface area (Å²) in [5.74, 6) is -0.766. The van der Waals surface area contributed by atoms with Crippen molar-refractivity contribution in [2.24, 2.45) is 0 Å². The van der Waals surface area contributed by atoms with Crippen LogP contribution in [-0.4, -0.2) is 16.8 Å². The molecule has 0 fully saturated rings. The highest BCUT2D eigenvalue weighted by Crippen LogP contribution is 2.14. The second-order valence-corrected chi connectivity index (χ2v) is 5.36. The molecule has 1 aromatic heterocycles. The van der Waals surface area contributed by atoms with Crippen LogP contribution < -0.4 is 10.6 Å². The van der Waals surface area contributed by atoms with Crippen LogP contribution in [0.1, 0.15) is 33.3 Å². The number of oxazole rings is 1. The van der Waals surface area contributed by atoms with Crippen LogP contribution in [0.15, 0.2) is 65.3 Å². The van der Waals surface area contributed by atoms with E-state index in [1.165, 1.54) is 11.8 Å². The molecule has 0 unspecified atom stereocenters. The third kappa shape index (κ3) is 4.11. The Bertz CT molecular complexity index is 870. The highest BCUT2D eigenvalue weighted by molar-refractivity contribution is 6.05. The standard InChI is InChI=1S/C19H17N3O3/c1-2-13-8-10-15(11-9-13)20-18(24)16-12-25-19(21-16)22-17(23)14-6-4-3-5-7-14/h3-12H,2H2,1H3,(H,20,24)(H,21,22,23). The SMILES string of the molecule is CCc1ccc(NC(=O)c2coc(NC(=O)c3ccccc3)n2)cc1. The van der Waals surface area contributed by atoms with Crippen LogP contribution in [0.5, 0.6) is 0 Å². The third-order valence-electron chi connectivity index (χ3n) is 3.61. The van der Waals surface area contributed by atoms with E-state index in [1.807, 2.05) is 30.3 Å². The predicted octanol–water partition coefficient (Wildman–Crippen LogP) is 3.74. The highest BCUT2D eigenvalue weighted by Gasteiger charge is 2.15. The minimum absolute atomic E-state index is 0.0275. The van der Waals surface area contributed by atoms with Crippen molar-refractivity contribution in [2.45, 2.75) is 13.3 Å². The van der Waals surface area contributed by atoms with Crippen molar-refractivity contribution >= 4 is 23.5 Å². The van der Waals surface area contributed by atoms with Crippen molar-refractivity contribution in [1.29, 1.82) is 0 Å². The van der Waals surface area contributed by atoms with Gasteiger partial charge in [0.25, 0.3) is 11.8 Å². The molecular formula is C19H17N3O3. The van der Waals surface area contributed by atoms with Gasteiger partial charge in [-0.3, -0.25) is 14.9 Å². The molecule has 0 atom stereocenters. The van der Waals surface area contributed by atoms with E-state index in [0.717, 1.165) is 6.42 Å². The number of amides is 2. The summed E-state index contributed by atoms with van der Waals surface area (Å²) in [7, 11) is 0. The van der Waals surface area contributed by atoms with Gasteiger partial charge in [-0.1, -0.05) is 37.3 Å². The quantitative estimate of drug-likeness (QED) is 0.744. The largest absolute Gasteiger partial charge is 0.431 e. The lowest BCUT2D eigenvalue weighted by atomic mass is 10.1. The molecule has 3 rings (SSSR count). The molecular weight excluding hydrogens is 318 g/mol. The van der Waals surface area contributed by atoms with Crippen molar-refractivity contribution in [3.05, 3.63) is 77.7 Å². The lowest BCUT2D eigenvalue weighted by Gasteiger charge is -2.03. The van der Waals surface area contributed by atoms with Crippen LogP contribution in [-0.2, 0) is 6.42 Å². The fraction of sp³-hybridized carbons (Fsp3) is 0.105. The van der Waals surface area contributed by atoms with Gasteiger partial charge in [0.15, 0.2) is 5.69 Å². The number of carbonyl (C=O) groups is 2. The van der Waals surface area contributed by atoms with Crippen molar-refractivity contribution in [3.63, 3.8) is 0 Å². The molecule has 2 aromatic carbocycles. The number of nitrogens with one attached hydrogen (secondary N) is 2. The molecule has 0 saturated heterocycles. The number of anilines is 2. The second kappa shape index (κ2) is 7.44. The molecule has 0 saturated carbocycles. The Morgan fingerprint density at radius 3 is 2.36 bits per heavy atom. The van der Waals surface area contributed by atoms with Gasteiger partial charge in [0, 0.05) is 11.3 Å². The molecule has 0 bridgehead atoms. The van der Waals surface area contributed by atoms with Gasteiger partial charge < -0.3 is 9.73 Å². The van der Waals surface area contributed by atoms with Crippen LogP contribution in [0.4, 0.5) is 11.7 Å². The van der Waals surface area contributed by atoms with Gasteiger partial charge in [-0.15, -0.1) is 0 Å². The van der Waals surface area contributed by atoms with Crippen LogP contribution in [0, 0.1) is 0 Å². The van der Waals surface area contributed by atoms with Gasteiger partial charge in [-0.05, 0) is 36.2 Å². The zero-order chi connectivity index (χ0) is 17.6. The van der Waals surface area contributed by atoms with Crippen LogP contribution in [0.25, 0.3) is 0 Å². The molecule has 1 heterocycles. The van der Waals surface area contributed by atoms with Gasteiger partial charge in [0.05, 0.1) is 0 Å². The van der Waals surface area contributed by atoms with E-state index in [2.05, 4.69) is 22.5 Å². The summed E-state index contributed by atoms with van der Waals surface area (Å²) in [4.78, 5) is 28.2. The maximum Gasteiger partial charge on any atom is 0.302 e. The van der Waals surface area contributed by atoms with E-state index >= 15 is 0 Å². The molecule has 3 aromatic rings. The molecule has 25 heavy (non-hydrogen) atoms. The Hall–Kier alpha value is -3.41. The second-order valence-electron chi connectivity index (χ2n) is 5.36. The van der Waals surface area contributed by atoms with Gasteiger partial charge in [0.2, 0.25) is 0 Å². The minimum Gasteiger partial charge on any atom is -0.431 e. The molecule has 0 spiro atoms. The van der Waals surface area contributed by atoms with Crippen molar-refractivity contribution in [3.8, 4) is 0 Å². The smallest absolute Gasteiger partial charge is 0.302 e. The zero-order valence-electron chi connectivity index (χ0n) is 13.7. The predicted molar refractivity (Wildman–Crippen MR) is 94.7 cm³/mol. The summed E-state index contributed by atoms with van der Waals surface area (Å²) in [6.07, 6.45) is 2.14. The van der Waals surface area contributed by atoms with E-state index in [1.54, 1.807) is 24.3 Å². The van der Waals surface area contributed by atoms with Gasteiger partial charge >= 0.3 is 6.01 Å². The lowest BCUT2D eigenvalue weighted by molar-refractivity contribution is 0.101. The number of benzene rings is 2. The minimum atomic E-state index is -0.409. The topological polar surface area (TPSA) is 84.2 Å². The Labute approximate surface area is 144 Å². The fourth-order valence-corrected chi connectivity index (χ4v) is 2.21. The molecule has 0 radical (unpaired) electrons. The monoisotopic (exact) mass is 335 g/mol. The Morgan fingerprint density at radius 1 is 0.960 bits per heavy atom. The third-order valence-corrected chi connectivity index (χ3v) is 3.61. The summed E-state index contributed by atoms with van der Waals surface area (Å²) in [5.41, 5.74) is 2.41. The number of carbonyl (C=O) groups excluding carboxylic acids is 2. The first kappa shape index (κ1) is 16.4. The molecule has 0 aliphatic carbocycles. The number of aryl methyl sites for hydroxylation is 1. The first-order chi connectivity index (χ1) is 12.2. The summed E-state index contributed by atoms with van der Waals surface area (Å²) >= 11 is 0. The number of aromatic nitrogens is 1. The van der Waals surface area contributed by atoms with Gasteiger partial charge in [-0.25, -0.2) is 0 Å². The normalized spacial score (nSPS) is 10.3. The molecule has 2 N–H and O–H groups in total. The summed E-state index contributed by atoms with van der Waals surface area (Å²) in [5, 5.41) is 5.25. The molecule has 126 valence electrons. The number of nitrogens with zero attached hydrogens (tertiary/aromatic N) is 1. The van der Waals surface area contributed by atoms with Crippen molar-refractivity contribution < 1.29 is 14.0 Å². The Kier molecular flexibility index (Phi) is 4.89. The lowest BCUT2D eigenvalue weighted by Crippen LogP contribution is -2.14. The van der Waals surface area contributed by atoms with E-state index in [-0.39, 0.29) is 17.6 Å². The van der Waals surface area contributed by atoms with Gasteiger partial charge in [-0.2, -0.15) is 4.98 Å². The number of rotatable bonds is 5. The number of hydrogen-bond donors (Lipinski definition) is 2. The average Bonchev–Trinajstić information content (AvgIpc) is 3.12. The number of hydrogen-bond acceptors (Lipinski definition) is 4. The zero-order valence-corrected chi connectivity index (χ0v) is 13.7. The van der Waals surface area contributed by atoms with Crippen LogP contribution in [0.2, 0.25) is 0 Å². The van der Waals surface area contributed by atoms with Crippen LogP contribution >= 0.6 is 0 Å². The maximum absolute atomic E-state index is 12.2. The Morgan fingerprint density at radius 2 is 1.68 bits per heavy atom. The maximum atomic E-state index is 12.2. The first-order valence-corrected chi connectivity index (χ1v) is 7.88. The molecule has 6 heteroatoms. The van der Waals surface area contributed by atoms with E-state index < -0.39 is 5.91 Å².